The van der Waals surface area contributed by atoms with Crippen molar-refractivity contribution in [3.63, 3.8) is 0 Å². The molecule has 0 saturated heterocycles. The van der Waals surface area contributed by atoms with Crippen LogP contribution in [-0.2, 0) is 6.61 Å². The Morgan fingerprint density at radius 2 is 1.86 bits per heavy atom. The molecule has 0 bridgehead atoms. The van der Waals surface area contributed by atoms with Crippen molar-refractivity contribution in [2.24, 2.45) is 0 Å². The van der Waals surface area contributed by atoms with E-state index in [2.05, 4.69) is 0 Å². The van der Waals surface area contributed by atoms with Crippen LogP contribution in [0.25, 0.3) is 10.1 Å². The van der Waals surface area contributed by atoms with Gasteiger partial charge in [0, 0.05) is 9.58 Å². The molecule has 1 heterocycles. The number of hydrogen-bond acceptors (Lipinski definition) is 4. The van der Waals surface area contributed by atoms with Gasteiger partial charge in [-0.3, -0.25) is 0 Å². The molecule has 0 spiro atoms. The van der Waals surface area contributed by atoms with Crippen LogP contribution in [-0.4, -0.2) is 16.2 Å². The van der Waals surface area contributed by atoms with Gasteiger partial charge in [-0.05, 0) is 47.9 Å². The van der Waals surface area contributed by atoms with E-state index in [-0.39, 0.29) is 11.3 Å². The molecular weight excluding hydrogens is 288 g/mol. The Hall–Kier alpha value is -2.53. The monoisotopic (exact) mass is 300 g/mol. The number of carboxylic acids is 1. The lowest BCUT2D eigenvalue weighted by Crippen LogP contribution is -1.94. The van der Waals surface area contributed by atoms with Crippen LogP contribution in [0, 0.1) is 0 Å². The number of rotatable bonds is 4. The van der Waals surface area contributed by atoms with E-state index in [1.165, 1.54) is 11.3 Å². The highest BCUT2D eigenvalue weighted by Crippen LogP contribution is 2.28. The number of aromatic carboxylic acids is 1. The Balaban J connectivity index is 1.78. The fourth-order valence-corrected chi connectivity index (χ4v) is 3.00. The molecule has 0 atom stereocenters. The van der Waals surface area contributed by atoms with E-state index < -0.39 is 5.97 Å². The highest BCUT2D eigenvalue weighted by atomic mass is 32.1. The fourth-order valence-electron chi connectivity index (χ4n) is 1.99. The molecule has 0 radical (unpaired) electrons. The molecule has 4 nitrogen and oxygen atoms in total. The minimum Gasteiger partial charge on any atom is -0.508 e. The Labute approximate surface area is 124 Å². The Morgan fingerprint density at radius 3 is 2.57 bits per heavy atom. The maximum absolute atomic E-state index is 10.9. The third-order valence-electron chi connectivity index (χ3n) is 3.04. The van der Waals surface area contributed by atoms with Crippen LogP contribution in [0.5, 0.6) is 11.5 Å². The van der Waals surface area contributed by atoms with Crippen molar-refractivity contribution in [3.05, 3.63) is 59.0 Å². The van der Waals surface area contributed by atoms with E-state index in [9.17, 15) is 9.90 Å². The number of hydrogen-bond donors (Lipinski definition) is 2. The molecular formula is C16H12O4S. The fraction of sp³-hybridized carbons (Fsp3) is 0.0625. The first kappa shape index (κ1) is 13.5. The number of carboxylic acid groups (broad SMARTS) is 1. The Morgan fingerprint density at radius 1 is 1.10 bits per heavy atom. The minimum atomic E-state index is -0.924. The van der Waals surface area contributed by atoms with Crippen molar-refractivity contribution in [2.75, 3.05) is 0 Å². The molecule has 2 N–H and O–H groups in total. The van der Waals surface area contributed by atoms with E-state index in [0.29, 0.717) is 12.4 Å². The number of benzene rings is 2. The summed E-state index contributed by atoms with van der Waals surface area (Å²) in [5.41, 5.74) is 0.287. The minimum absolute atomic E-state index is 0.199. The topological polar surface area (TPSA) is 66.8 Å². The number of ether oxygens (including phenoxy) is 1. The molecule has 0 aliphatic carbocycles. The van der Waals surface area contributed by atoms with Crippen molar-refractivity contribution >= 4 is 27.4 Å². The van der Waals surface area contributed by atoms with Gasteiger partial charge in [-0.15, -0.1) is 11.3 Å². The maximum atomic E-state index is 10.9. The summed E-state index contributed by atoms with van der Waals surface area (Å²) >= 11 is 1.51. The number of aromatic hydroxyl groups is 1. The van der Waals surface area contributed by atoms with Crippen molar-refractivity contribution in [3.8, 4) is 11.5 Å². The first-order chi connectivity index (χ1) is 10.1. The molecule has 0 saturated carbocycles. The quantitative estimate of drug-likeness (QED) is 0.767. The van der Waals surface area contributed by atoms with Crippen LogP contribution in [0.15, 0.2) is 48.5 Å². The van der Waals surface area contributed by atoms with Gasteiger partial charge >= 0.3 is 5.97 Å². The number of phenolic OH excluding ortho intramolecular Hbond substituents is 1. The summed E-state index contributed by atoms with van der Waals surface area (Å²) in [6, 6.07) is 13.6. The van der Waals surface area contributed by atoms with Gasteiger partial charge < -0.3 is 14.9 Å². The van der Waals surface area contributed by atoms with E-state index in [0.717, 1.165) is 15.0 Å². The molecule has 0 aliphatic heterocycles. The van der Waals surface area contributed by atoms with Gasteiger partial charge in [0.15, 0.2) is 0 Å². The molecule has 0 unspecified atom stereocenters. The van der Waals surface area contributed by atoms with Crippen LogP contribution >= 0.6 is 11.3 Å². The van der Waals surface area contributed by atoms with Crippen molar-refractivity contribution in [1.82, 2.24) is 0 Å². The van der Waals surface area contributed by atoms with Gasteiger partial charge in [-0.25, -0.2) is 4.79 Å². The zero-order valence-corrected chi connectivity index (χ0v) is 11.8. The first-order valence-corrected chi connectivity index (χ1v) is 7.11. The average molecular weight is 300 g/mol. The highest BCUT2D eigenvalue weighted by molar-refractivity contribution is 7.19. The lowest BCUT2D eigenvalue weighted by molar-refractivity contribution is 0.0697. The van der Waals surface area contributed by atoms with E-state index >= 15 is 0 Å². The molecule has 21 heavy (non-hydrogen) atoms. The van der Waals surface area contributed by atoms with E-state index in [4.69, 9.17) is 9.84 Å². The lowest BCUT2D eigenvalue weighted by Gasteiger charge is -2.03. The highest BCUT2D eigenvalue weighted by Gasteiger charge is 2.07. The summed E-state index contributed by atoms with van der Waals surface area (Å²) in [4.78, 5) is 12.0. The van der Waals surface area contributed by atoms with Crippen molar-refractivity contribution < 1.29 is 19.7 Å². The number of fused-ring (bicyclic) bond motifs is 1. The SMILES string of the molecule is O=C(O)c1ccc2cc(COc3ccc(O)cc3)sc2c1. The molecule has 3 rings (SSSR count). The second-order valence-corrected chi connectivity index (χ2v) is 5.72. The van der Waals surface area contributed by atoms with Crippen molar-refractivity contribution in [1.29, 1.82) is 0 Å². The van der Waals surface area contributed by atoms with Crippen molar-refractivity contribution in [2.45, 2.75) is 6.61 Å². The molecule has 5 heteroatoms. The summed E-state index contributed by atoms with van der Waals surface area (Å²) < 4.78 is 6.57. The van der Waals surface area contributed by atoms with Crippen LogP contribution in [0.4, 0.5) is 0 Å². The number of phenols is 1. The second-order valence-electron chi connectivity index (χ2n) is 4.55. The van der Waals surface area contributed by atoms with E-state index in [1.54, 1.807) is 42.5 Å². The molecule has 3 aromatic rings. The molecule has 0 fully saturated rings. The summed E-state index contributed by atoms with van der Waals surface area (Å²) in [5.74, 6) is -0.0471. The second kappa shape index (κ2) is 5.46. The molecule has 106 valence electrons. The third-order valence-corrected chi connectivity index (χ3v) is 4.11. The molecule has 2 aromatic carbocycles. The zero-order valence-electron chi connectivity index (χ0n) is 10.9. The van der Waals surface area contributed by atoms with Crippen LogP contribution in [0.3, 0.4) is 0 Å². The normalized spacial score (nSPS) is 10.7. The van der Waals surface area contributed by atoms with Crippen LogP contribution < -0.4 is 4.74 Å². The summed E-state index contributed by atoms with van der Waals surface area (Å²) in [5, 5.41) is 19.2. The molecule has 1 aromatic heterocycles. The van der Waals surface area contributed by atoms with Gasteiger partial charge in [0.2, 0.25) is 0 Å². The van der Waals surface area contributed by atoms with Crippen LogP contribution in [0.2, 0.25) is 0 Å². The molecule has 0 amide bonds. The third kappa shape index (κ3) is 2.98. The maximum Gasteiger partial charge on any atom is 0.335 e. The van der Waals surface area contributed by atoms with Gasteiger partial charge in [0.25, 0.3) is 0 Å². The van der Waals surface area contributed by atoms with Gasteiger partial charge in [0.05, 0.1) is 5.56 Å². The number of carbonyl (C=O) groups is 1. The van der Waals surface area contributed by atoms with Crippen LogP contribution in [0.1, 0.15) is 15.2 Å². The van der Waals surface area contributed by atoms with Gasteiger partial charge in [0.1, 0.15) is 18.1 Å². The predicted molar refractivity (Wildman–Crippen MR) is 81.2 cm³/mol. The van der Waals surface area contributed by atoms with Gasteiger partial charge in [-0.1, -0.05) is 6.07 Å². The average Bonchev–Trinajstić information content (AvgIpc) is 2.88. The largest absolute Gasteiger partial charge is 0.508 e. The van der Waals surface area contributed by atoms with E-state index in [1.807, 2.05) is 6.07 Å². The Bertz CT molecular complexity index is 790. The standard InChI is InChI=1S/C16H12O4S/c17-12-3-5-13(6-4-12)20-9-14-7-10-1-2-11(16(18)19)8-15(10)21-14/h1-8,17H,9H2,(H,18,19). The molecule has 0 aliphatic rings. The summed E-state index contributed by atoms with van der Waals surface area (Å²) in [6.07, 6.45) is 0. The summed E-state index contributed by atoms with van der Waals surface area (Å²) in [7, 11) is 0. The first-order valence-electron chi connectivity index (χ1n) is 6.29. The zero-order chi connectivity index (χ0) is 14.8. The predicted octanol–water partition coefficient (Wildman–Crippen LogP) is 3.88. The lowest BCUT2D eigenvalue weighted by atomic mass is 10.2. The Kier molecular flexibility index (Phi) is 3.50. The smallest absolute Gasteiger partial charge is 0.335 e. The summed E-state index contributed by atoms with van der Waals surface area (Å²) in [6.45, 7) is 0.409. The number of thiophene rings is 1. The van der Waals surface area contributed by atoms with Gasteiger partial charge in [-0.2, -0.15) is 0 Å².